The number of hydrogen-bond acceptors (Lipinski definition) is 7. The molecule has 0 aliphatic carbocycles. The third-order valence-electron chi connectivity index (χ3n) is 5.84. The van der Waals surface area contributed by atoms with Crippen molar-refractivity contribution in [3.63, 3.8) is 0 Å². The van der Waals surface area contributed by atoms with Crippen LogP contribution in [0.3, 0.4) is 0 Å². The lowest BCUT2D eigenvalue weighted by molar-refractivity contribution is 0.377. The molecule has 0 bridgehead atoms. The molecule has 0 spiro atoms. The van der Waals surface area contributed by atoms with Crippen molar-refractivity contribution in [1.29, 1.82) is 0 Å². The van der Waals surface area contributed by atoms with Crippen LogP contribution in [-0.4, -0.2) is 43.2 Å². The van der Waals surface area contributed by atoms with E-state index in [1.54, 1.807) is 32.9 Å². The maximum atomic E-state index is 14.8. The van der Waals surface area contributed by atoms with E-state index in [1.807, 2.05) is 6.92 Å². The van der Waals surface area contributed by atoms with Crippen LogP contribution in [0.4, 0.5) is 14.6 Å². The monoisotopic (exact) mass is 577 g/mol. The van der Waals surface area contributed by atoms with Crippen LogP contribution in [0.1, 0.15) is 26.3 Å². The maximum Gasteiger partial charge on any atom is 0.348 e. The summed E-state index contributed by atoms with van der Waals surface area (Å²) in [5.41, 5.74) is 0.227. The van der Waals surface area contributed by atoms with Crippen LogP contribution >= 0.6 is 7.60 Å². The van der Waals surface area contributed by atoms with Crippen LogP contribution in [0, 0.1) is 24.0 Å². The van der Waals surface area contributed by atoms with E-state index < -0.39 is 40.7 Å². The van der Waals surface area contributed by atoms with Crippen LogP contribution in [0.5, 0.6) is 0 Å². The van der Waals surface area contributed by atoms with Crippen LogP contribution < -0.4 is 5.32 Å². The van der Waals surface area contributed by atoms with Crippen molar-refractivity contribution in [3.8, 4) is 11.4 Å². The van der Waals surface area contributed by atoms with Crippen molar-refractivity contribution >= 4 is 34.5 Å². The van der Waals surface area contributed by atoms with Gasteiger partial charge in [0.2, 0.25) is 0 Å². The highest BCUT2D eigenvalue weighted by atomic mass is 32.2. The van der Waals surface area contributed by atoms with Gasteiger partial charge < -0.3 is 15.1 Å². The summed E-state index contributed by atoms with van der Waals surface area (Å²) in [7, 11) is -8.64. The lowest BCUT2D eigenvalue weighted by Crippen LogP contribution is -2.33. The zero-order valence-electron chi connectivity index (χ0n) is 21.4. The highest BCUT2D eigenvalue weighted by Gasteiger charge is 2.27. The normalized spacial score (nSPS) is 13.7. The van der Waals surface area contributed by atoms with Crippen molar-refractivity contribution in [3.05, 3.63) is 78.0 Å². The van der Waals surface area contributed by atoms with Crippen molar-refractivity contribution in [2.45, 2.75) is 38.6 Å². The Bertz CT molecular complexity index is 1730. The lowest BCUT2D eigenvalue weighted by atomic mass is 9.87. The van der Waals surface area contributed by atoms with Gasteiger partial charge in [0.1, 0.15) is 5.82 Å². The number of aromatic nitrogens is 4. The zero-order valence-corrected chi connectivity index (χ0v) is 23.1. The summed E-state index contributed by atoms with van der Waals surface area (Å²) in [5, 5.41) is 2.91. The third kappa shape index (κ3) is 6.22. The quantitative estimate of drug-likeness (QED) is 0.263. The fraction of sp³-hybridized carbons (Fsp3) is 0.240. The molecule has 1 unspecified atom stereocenters. The van der Waals surface area contributed by atoms with Gasteiger partial charge in [-0.3, -0.25) is 4.57 Å². The molecule has 0 fully saturated rings. The topological polar surface area (TPSA) is 147 Å². The first-order chi connectivity index (χ1) is 18.1. The first kappa shape index (κ1) is 28.5. The Morgan fingerprint density at radius 2 is 1.77 bits per heavy atom. The van der Waals surface area contributed by atoms with Gasteiger partial charge in [0, 0.05) is 23.0 Å². The molecule has 39 heavy (non-hydrogen) atoms. The van der Waals surface area contributed by atoms with E-state index >= 15 is 0 Å². The van der Waals surface area contributed by atoms with E-state index in [-0.39, 0.29) is 33.1 Å². The minimum absolute atomic E-state index is 0.0186. The molecule has 0 saturated carbocycles. The molecule has 4 aromatic rings. The van der Waals surface area contributed by atoms with Gasteiger partial charge in [-0.15, -0.1) is 0 Å². The molecule has 0 aliphatic rings. The number of rotatable bonds is 7. The van der Waals surface area contributed by atoms with Crippen molar-refractivity contribution in [2.75, 3.05) is 5.32 Å². The summed E-state index contributed by atoms with van der Waals surface area (Å²) in [5.74, 6) is -1.31. The first-order valence-corrected chi connectivity index (χ1v) is 14.7. The second-order valence-electron chi connectivity index (χ2n) is 9.99. The Kier molecular flexibility index (Phi) is 7.48. The molecule has 10 nitrogen and oxygen atoms in total. The predicted octanol–water partition coefficient (Wildman–Crippen LogP) is 4.83. The molecule has 0 saturated heterocycles. The van der Waals surface area contributed by atoms with Gasteiger partial charge >= 0.3 is 7.60 Å². The second kappa shape index (κ2) is 10.2. The van der Waals surface area contributed by atoms with E-state index in [4.69, 9.17) is 0 Å². The maximum absolute atomic E-state index is 14.8. The number of hydrogen-bond donors (Lipinski definition) is 3. The van der Waals surface area contributed by atoms with Crippen LogP contribution in [-0.2, 0) is 14.6 Å². The lowest BCUT2D eigenvalue weighted by Gasteiger charge is -2.29. The van der Waals surface area contributed by atoms with E-state index in [0.717, 1.165) is 28.0 Å². The van der Waals surface area contributed by atoms with Crippen LogP contribution in [0.25, 0.3) is 22.4 Å². The first-order valence-electron chi connectivity index (χ1n) is 11.6. The number of pyridine rings is 1. The average molecular weight is 578 g/mol. The minimum Gasteiger partial charge on any atom is -0.361 e. The summed E-state index contributed by atoms with van der Waals surface area (Å²) in [6.45, 7) is 7.12. The number of nitrogens with one attached hydrogen (secondary N) is 1. The van der Waals surface area contributed by atoms with Crippen molar-refractivity contribution < 1.29 is 31.6 Å². The van der Waals surface area contributed by atoms with Gasteiger partial charge in [-0.1, -0.05) is 44.5 Å². The fourth-order valence-electron chi connectivity index (χ4n) is 3.74. The smallest absolute Gasteiger partial charge is 0.348 e. The van der Waals surface area contributed by atoms with Gasteiger partial charge in [-0.2, -0.15) is 0 Å². The highest BCUT2D eigenvalue weighted by Crippen LogP contribution is 2.38. The summed E-state index contributed by atoms with van der Waals surface area (Å²) < 4.78 is 68.2. The van der Waals surface area contributed by atoms with Crippen LogP contribution in [0.15, 0.2) is 65.7 Å². The number of anilines is 1. The Labute approximate surface area is 223 Å². The number of aryl methyl sites for hydroxylation is 1. The van der Waals surface area contributed by atoms with Gasteiger partial charge in [-0.05, 0) is 30.5 Å². The molecule has 0 amide bonds. The number of halogens is 2. The molecule has 1 atom stereocenters. The zero-order chi connectivity index (χ0) is 28.8. The average Bonchev–Trinajstić information content (AvgIpc) is 3.21. The van der Waals surface area contributed by atoms with E-state index in [1.165, 1.54) is 24.4 Å². The Morgan fingerprint density at radius 1 is 1.10 bits per heavy atom. The summed E-state index contributed by atoms with van der Waals surface area (Å²) in [6.07, 6.45) is 4.16. The molecular formula is C25H26F2N5O5PS. The summed E-state index contributed by atoms with van der Waals surface area (Å²) in [6, 6.07) is 6.46. The molecule has 3 heterocycles. The molecule has 1 aromatic carbocycles. The molecule has 4 rings (SSSR count). The molecule has 14 heteroatoms. The number of benzene rings is 1. The fourth-order valence-corrected chi connectivity index (χ4v) is 5.46. The van der Waals surface area contributed by atoms with Gasteiger partial charge in [-0.25, -0.2) is 36.1 Å². The SMILES string of the molecule is Cc1ccc(S(=O)(=O)n2cc(-c3ncc(F)c(NC(C=CP(=O)(O)O)C(C)(C)C)n3)c3cc(F)cnc32)cc1. The van der Waals surface area contributed by atoms with Gasteiger partial charge in [0.15, 0.2) is 23.1 Å². The molecular weight excluding hydrogens is 551 g/mol. The van der Waals surface area contributed by atoms with E-state index in [2.05, 4.69) is 20.3 Å². The Balaban J connectivity index is 1.85. The molecule has 206 valence electrons. The molecule has 0 aliphatic heterocycles. The van der Waals surface area contributed by atoms with Crippen molar-refractivity contribution in [1.82, 2.24) is 18.9 Å². The summed E-state index contributed by atoms with van der Waals surface area (Å²) in [4.78, 5) is 30.7. The Morgan fingerprint density at radius 3 is 2.38 bits per heavy atom. The third-order valence-corrected chi connectivity index (χ3v) is 8.06. The van der Waals surface area contributed by atoms with Crippen molar-refractivity contribution in [2.24, 2.45) is 5.41 Å². The molecule has 3 N–H and O–H groups in total. The minimum atomic E-state index is -4.49. The van der Waals surface area contributed by atoms with E-state index in [0.29, 0.717) is 5.82 Å². The number of nitrogens with zero attached hydrogens (tertiary/aromatic N) is 4. The highest BCUT2D eigenvalue weighted by molar-refractivity contribution is 7.90. The Hall–Kier alpha value is -3.51. The number of fused-ring (bicyclic) bond motifs is 1. The van der Waals surface area contributed by atoms with Crippen LogP contribution in [0.2, 0.25) is 0 Å². The van der Waals surface area contributed by atoms with Gasteiger partial charge in [0.25, 0.3) is 10.0 Å². The second-order valence-corrected chi connectivity index (χ2v) is 13.3. The molecule has 3 aromatic heterocycles. The standard InChI is InChI=1S/C25H26F2N5O5PS/c1-15-5-7-17(8-6-15)39(36,37)32-14-19(18-11-16(26)12-29-24(18)32)22-28-13-20(27)23(31-22)30-21(25(2,3)4)9-10-38(33,34)35/h5-14,21H,1-4H3,(H,28,30,31)(H2,33,34,35). The van der Waals surface area contributed by atoms with E-state index in [9.17, 15) is 31.6 Å². The largest absolute Gasteiger partial charge is 0.361 e. The molecule has 0 radical (unpaired) electrons. The van der Waals surface area contributed by atoms with Gasteiger partial charge in [0.05, 0.1) is 23.3 Å². The predicted molar refractivity (Wildman–Crippen MR) is 142 cm³/mol. The summed E-state index contributed by atoms with van der Waals surface area (Å²) >= 11 is 0.